The maximum Gasteiger partial charge on any atom is 0.311 e. The molecule has 1 saturated heterocycles. The van der Waals surface area contributed by atoms with Gasteiger partial charge < -0.3 is 20.5 Å². The van der Waals surface area contributed by atoms with Crippen LogP contribution >= 0.6 is 0 Å². The Morgan fingerprint density at radius 2 is 2.19 bits per heavy atom. The lowest BCUT2D eigenvalue weighted by molar-refractivity contribution is -0.385. The molecule has 0 aliphatic carbocycles. The molecule has 0 aromatic heterocycles. The SMILES string of the molecule is NC(=O)C1COCCN1C(=O)c1cccc([N+](=O)[O-])c1O. The quantitative estimate of drug-likeness (QED) is 0.576. The molecule has 9 heteroatoms. The van der Waals surface area contributed by atoms with Crippen LogP contribution in [0.3, 0.4) is 0 Å². The summed E-state index contributed by atoms with van der Waals surface area (Å²) in [6.07, 6.45) is 0. The van der Waals surface area contributed by atoms with Gasteiger partial charge in [-0.1, -0.05) is 6.07 Å². The minimum atomic E-state index is -0.968. The van der Waals surface area contributed by atoms with E-state index in [0.29, 0.717) is 0 Å². The van der Waals surface area contributed by atoms with Gasteiger partial charge in [0.15, 0.2) is 0 Å². The van der Waals surface area contributed by atoms with E-state index in [-0.39, 0.29) is 25.3 Å². The maximum atomic E-state index is 12.4. The Kier molecular flexibility index (Phi) is 4.03. The molecule has 2 amide bonds. The first kappa shape index (κ1) is 14.7. The maximum absolute atomic E-state index is 12.4. The third kappa shape index (κ3) is 2.77. The Morgan fingerprint density at radius 1 is 1.48 bits per heavy atom. The fourth-order valence-corrected chi connectivity index (χ4v) is 2.09. The molecule has 1 aliphatic heterocycles. The molecule has 1 heterocycles. The second-order valence-corrected chi connectivity index (χ2v) is 4.42. The van der Waals surface area contributed by atoms with Gasteiger partial charge in [0.2, 0.25) is 11.7 Å². The zero-order valence-corrected chi connectivity index (χ0v) is 10.9. The number of rotatable bonds is 3. The Balaban J connectivity index is 2.37. The number of amides is 2. The first-order chi connectivity index (χ1) is 9.93. The number of phenols is 1. The van der Waals surface area contributed by atoms with Gasteiger partial charge in [0.05, 0.1) is 23.7 Å². The van der Waals surface area contributed by atoms with E-state index < -0.39 is 34.2 Å². The molecular formula is C12H13N3O6. The summed E-state index contributed by atoms with van der Waals surface area (Å²) in [4.78, 5) is 34.8. The summed E-state index contributed by atoms with van der Waals surface area (Å²) in [5, 5.41) is 20.6. The second kappa shape index (κ2) is 5.75. The number of aromatic hydroxyl groups is 1. The van der Waals surface area contributed by atoms with Gasteiger partial charge in [0, 0.05) is 12.6 Å². The highest BCUT2D eigenvalue weighted by atomic mass is 16.6. The summed E-state index contributed by atoms with van der Waals surface area (Å²) in [7, 11) is 0. The number of hydrogen-bond donors (Lipinski definition) is 2. The number of nitro groups is 1. The summed E-state index contributed by atoms with van der Waals surface area (Å²) in [6.45, 7) is 0.274. The predicted octanol–water partition coefficient (Wildman–Crippen LogP) is -0.373. The van der Waals surface area contributed by atoms with Crippen LogP contribution in [-0.2, 0) is 9.53 Å². The summed E-state index contributed by atoms with van der Waals surface area (Å²) in [6, 6.07) is 2.64. The van der Waals surface area contributed by atoms with Gasteiger partial charge in [-0.2, -0.15) is 0 Å². The van der Waals surface area contributed by atoms with E-state index in [1.807, 2.05) is 0 Å². The molecule has 0 radical (unpaired) electrons. The van der Waals surface area contributed by atoms with Crippen molar-refractivity contribution in [3.8, 4) is 5.75 Å². The van der Waals surface area contributed by atoms with Crippen molar-refractivity contribution in [1.29, 1.82) is 0 Å². The Morgan fingerprint density at radius 3 is 2.81 bits per heavy atom. The lowest BCUT2D eigenvalue weighted by atomic mass is 10.1. The molecule has 1 aromatic rings. The molecule has 112 valence electrons. The molecule has 9 nitrogen and oxygen atoms in total. The number of nitrogens with two attached hydrogens (primary N) is 1. The van der Waals surface area contributed by atoms with Gasteiger partial charge in [-0.15, -0.1) is 0 Å². The number of hydrogen-bond acceptors (Lipinski definition) is 6. The number of phenolic OH excluding ortho intramolecular Hbond substituents is 1. The zero-order chi connectivity index (χ0) is 15.6. The van der Waals surface area contributed by atoms with Crippen LogP contribution in [0.4, 0.5) is 5.69 Å². The van der Waals surface area contributed by atoms with E-state index in [0.717, 1.165) is 11.0 Å². The van der Waals surface area contributed by atoms with E-state index >= 15 is 0 Å². The van der Waals surface area contributed by atoms with Crippen LogP contribution < -0.4 is 5.73 Å². The minimum absolute atomic E-state index is 0.0449. The molecule has 1 unspecified atom stereocenters. The zero-order valence-electron chi connectivity index (χ0n) is 10.9. The molecular weight excluding hydrogens is 282 g/mol. The lowest BCUT2D eigenvalue weighted by Crippen LogP contribution is -2.54. The fraction of sp³-hybridized carbons (Fsp3) is 0.333. The number of benzene rings is 1. The number of ether oxygens (including phenoxy) is 1. The van der Waals surface area contributed by atoms with Crippen molar-refractivity contribution < 1.29 is 24.4 Å². The summed E-state index contributed by atoms with van der Waals surface area (Å²) in [5.41, 5.74) is 4.37. The van der Waals surface area contributed by atoms with Crippen LogP contribution in [0.1, 0.15) is 10.4 Å². The Labute approximate surface area is 119 Å². The van der Waals surface area contributed by atoms with Gasteiger partial charge in [-0.25, -0.2) is 0 Å². The highest BCUT2D eigenvalue weighted by molar-refractivity contribution is 6.00. The predicted molar refractivity (Wildman–Crippen MR) is 69.6 cm³/mol. The van der Waals surface area contributed by atoms with Crippen molar-refractivity contribution in [2.24, 2.45) is 5.73 Å². The fourth-order valence-electron chi connectivity index (χ4n) is 2.09. The van der Waals surface area contributed by atoms with Crippen LogP contribution in [-0.4, -0.2) is 52.5 Å². The van der Waals surface area contributed by atoms with Crippen molar-refractivity contribution in [3.05, 3.63) is 33.9 Å². The number of primary amides is 1. The molecule has 1 fully saturated rings. The largest absolute Gasteiger partial charge is 0.502 e. The molecule has 0 spiro atoms. The third-order valence-electron chi connectivity index (χ3n) is 3.16. The smallest absolute Gasteiger partial charge is 0.311 e. The van der Waals surface area contributed by atoms with Crippen molar-refractivity contribution in [3.63, 3.8) is 0 Å². The van der Waals surface area contributed by atoms with Crippen LogP contribution in [0.2, 0.25) is 0 Å². The van der Waals surface area contributed by atoms with Crippen LogP contribution in [0.5, 0.6) is 5.75 Å². The van der Waals surface area contributed by atoms with Crippen molar-refractivity contribution in [2.75, 3.05) is 19.8 Å². The lowest BCUT2D eigenvalue weighted by Gasteiger charge is -2.33. The first-order valence-corrected chi connectivity index (χ1v) is 6.08. The van der Waals surface area contributed by atoms with E-state index in [2.05, 4.69) is 0 Å². The van der Waals surface area contributed by atoms with Gasteiger partial charge in [-0.3, -0.25) is 19.7 Å². The molecule has 0 bridgehead atoms. The standard InChI is InChI=1S/C12H13N3O6/c13-11(17)9-6-21-5-4-14(9)12(18)7-2-1-3-8(10(7)16)15(19)20/h1-3,9,16H,4-6H2,(H2,13,17). The van der Waals surface area contributed by atoms with Gasteiger partial charge in [0.25, 0.3) is 5.91 Å². The molecule has 1 aromatic carbocycles. The summed E-state index contributed by atoms with van der Waals surface area (Å²) >= 11 is 0. The highest BCUT2D eigenvalue weighted by Crippen LogP contribution is 2.30. The number of carbonyl (C=O) groups excluding carboxylic acids is 2. The Hall–Kier alpha value is -2.68. The number of nitro benzene ring substituents is 1. The normalized spacial score (nSPS) is 18.3. The van der Waals surface area contributed by atoms with Crippen LogP contribution in [0.15, 0.2) is 18.2 Å². The van der Waals surface area contributed by atoms with Crippen molar-refractivity contribution in [1.82, 2.24) is 4.90 Å². The van der Waals surface area contributed by atoms with Gasteiger partial charge in [-0.05, 0) is 6.07 Å². The molecule has 3 N–H and O–H groups in total. The topological polar surface area (TPSA) is 136 Å². The first-order valence-electron chi connectivity index (χ1n) is 6.08. The second-order valence-electron chi connectivity index (χ2n) is 4.42. The molecule has 1 aliphatic rings. The van der Waals surface area contributed by atoms with Crippen LogP contribution in [0, 0.1) is 10.1 Å². The van der Waals surface area contributed by atoms with E-state index in [9.17, 15) is 24.8 Å². The van der Waals surface area contributed by atoms with E-state index in [1.54, 1.807) is 0 Å². The number of para-hydroxylation sites is 1. The van der Waals surface area contributed by atoms with Crippen molar-refractivity contribution in [2.45, 2.75) is 6.04 Å². The molecule has 1 atom stereocenters. The van der Waals surface area contributed by atoms with Crippen molar-refractivity contribution >= 4 is 17.5 Å². The van der Waals surface area contributed by atoms with Gasteiger partial charge >= 0.3 is 5.69 Å². The number of carbonyl (C=O) groups is 2. The Bertz CT molecular complexity index is 603. The minimum Gasteiger partial charge on any atom is -0.502 e. The average molecular weight is 295 g/mol. The number of morpholine rings is 1. The summed E-state index contributed by atoms with van der Waals surface area (Å²) in [5.74, 6) is -2.18. The monoisotopic (exact) mass is 295 g/mol. The number of nitrogens with zero attached hydrogens (tertiary/aromatic N) is 2. The third-order valence-corrected chi connectivity index (χ3v) is 3.16. The molecule has 21 heavy (non-hydrogen) atoms. The van der Waals surface area contributed by atoms with Crippen LogP contribution in [0.25, 0.3) is 0 Å². The highest BCUT2D eigenvalue weighted by Gasteiger charge is 2.34. The van der Waals surface area contributed by atoms with E-state index in [4.69, 9.17) is 10.5 Å². The summed E-state index contributed by atoms with van der Waals surface area (Å²) < 4.78 is 5.09. The average Bonchev–Trinajstić information content (AvgIpc) is 2.46. The van der Waals surface area contributed by atoms with E-state index in [1.165, 1.54) is 12.1 Å². The van der Waals surface area contributed by atoms with Gasteiger partial charge in [0.1, 0.15) is 6.04 Å². The molecule has 0 saturated carbocycles. The molecule has 2 rings (SSSR count).